The van der Waals surface area contributed by atoms with Gasteiger partial charge in [0.15, 0.2) is 0 Å². The Balaban J connectivity index is 3.03. The predicted molar refractivity (Wildman–Crippen MR) is 54.0 cm³/mol. The molecule has 0 spiro atoms. The van der Waals surface area contributed by atoms with E-state index in [2.05, 4.69) is 43.8 Å². The van der Waals surface area contributed by atoms with Crippen LogP contribution in [0.5, 0.6) is 0 Å². The van der Waals surface area contributed by atoms with E-state index in [0.717, 1.165) is 21.5 Å². The number of imidazole rings is 1. The number of hydrogen-bond donors (Lipinski definition) is 0. The Morgan fingerprint density at radius 3 is 2.67 bits per heavy atom. The third-order valence-electron chi connectivity index (χ3n) is 1.52. The Kier molecular flexibility index (Phi) is 3.74. The van der Waals surface area contributed by atoms with E-state index in [0.29, 0.717) is 6.73 Å². The molecule has 0 radical (unpaired) electrons. The van der Waals surface area contributed by atoms with Crippen molar-refractivity contribution in [3.63, 3.8) is 0 Å². The number of ether oxygens (including phenoxy) is 1. The number of aromatic nitrogens is 2. The van der Waals surface area contributed by atoms with Gasteiger partial charge in [-0.05, 0) is 31.9 Å². The standard InChI is InChI=1S/C7H10Br2N2O/c1-3-5-10-6(8)7(9)11(5)4-12-2/h3-4H2,1-2H3. The first-order valence-electron chi connectivity index (χ1n) is 3.60. The minimum atomic E-state index is 0.530. The Morgan fingerprint density at radius 1 is 1.50 bits per heavy atom. The van der Waals surface area contributed by atoms with Crippen molar-refractivity contribution in [3.8, 4) is 0 Å². The van der Waals surface area contributed by atoms with Crippen LogP contribution in [0.25, 0.3) is 0 Å². The van der Waals surface area contributed by atoms with Gasteiger partial charge in [-0.3, -0.25) is 4.57 Å². The van der Waals surface area contributed by atoms with E-state index in [9.17, 15) is 0 Å². The smallest absolute Gasteiger partial charge is 0.139 e. The molecule has 0 bridgehead atoms. The summed E-state index contributed by atoms with van der Waals surface area (Å²) in [7, 11) is 1.67. The van der Waals surface area contributed by atoms with Gasteiger partial charge in [0.2, 0.25) is 0 Å². The zero-order valence-corrected chi connectivity index (χ0v) is 10.1. The molecular formula is C7H10Br2N2O. The van der Waals surface area contributed by atoms with Crippen LogP contribution in [0.1, 0.15) is 12.7 Å². The summed E-state index contributed by atoms with van der Waals surface area (Å²) in [5, 5.41) is 0. The zero-order valence-electron chi connectivity index (χ0n) is 6.97. The molecule has 1 aromatic rings. The molecule has 0 aliphatic rings. The molecule has 1 aromatic heterocycles. The van der Waals surface area contributed by atoms with Gasteiger partial charge in [-0.25, -0.2) is 4.98 Å². The number of nitrogens with zero attached hydrogens (tertiary/aromatic N) is 2. The lowest BCUT2D eigenvalue weighted by Gasteiger charge is -2.05. The van der Waals surface area contributed by atoms with E-state index in [1.165, 1.54) is 0 Å². The molecule has 0 saturated heterocycles. The van der Waals surface area contributed by atoms with Crippen LogP contribution in [-0.2, 0) is 17.9 Å². The largest absolute Gasteiger partial charge is 0.364 e. The highest BCUT2D eigenvalue weighted by Crippen LogP contribution is 2.23. The van der Waals surface area contributed by atoms with Crippen LogP contribution >= 0.6 is 31.9 Å². The van der Waals surface area contributed by atoms with Crippen molar-refractivity contribution < 1.29 is 4.74 Å². The lowest BCUT2D eigenvalue weighted by Crippen LogP contribution is -2.04. The van der Waals surface area contributed by atoms with Gasteiger partial charge in [-0.15, -0.1) is 0 Å². The topological polar surface area (TPSA) is 27.1 Å². The van der Waals surface area contributed by atoms with Crippen molar-refractivity contribution in [1.29, 1.82) is 0 Å². The second kappa shape index (κ2) is 4.39. The third-order valence-corrected chi connectivity index (χ3v) is 3.41. The maximum absolute atomic E-state index is 5.04. The SMILES string of the molecule is CCc1nc(Br)c(Br)n1COC. The highest BCUT2D eigenvalue weighted by atomic mass is 79.9. The molecule has 0 saturated carbocycles. The molecule has 0 amide bonds. The molecule has 12 heavy (non-hydrogen) atoms. The molecule has 0 fully saturated rings. The molecule has 0 aromatic carbocycles. The zero-order chi connectivity index (χ0) is 9.14. The Labute approximate surface area is 88.4 Å². The van der Waals surface area contributed by atoms with Crippen LogP contribution in [0.2, 0.25) is 0 Å². The monoisotopic (exact) mass is 296 g/mol. The fraction of sp³-hybridized carbons (Fsp3) is 0.571. The molecule has 5 heteroatoms. The number of aryl methyl sites for hydroxylation is 1. The number of hydrogen-bond acceptors (Lipinski definition) is 2. The molecule has 1 heterocycles. The molecule has 0 N–H and O–H groups in total. The summed E-state index contributed by atoms with van der Waals surface area (Å²) >= 11 is 6.76. The number of halogens is 2. The quantitative estimate of drug-likeness (QED) is 0.857. The van der Waals surface area contributed by atoms with E-state index in [1.54, 1.807) is 7.11 Å². The van der Waals surface area contributed by atoms with Crippen molar-refractivity contribution in [1.82, 2.24) is 9.55 Å². The second-order valence-corrected chi connectivity index (χ2v) is 3.81. The van der Waals surface area contributed by atoms with Gasteiger partial charge in [0.1, 0.15) is 21.8 Å². The van der Waals surface area contributed by atoms with Crippen molar-refractivity contribution in [3.05, 3.63) is 15.0 Å². The van der Waals surface area contributed by atoms with Gasteiger partial charge >= 0.3 is 0 Å². The normalized spacial score (nSPS) is 10.7. The van der Waals surface area contributed by atoms with Crippen molar-refractivity contribution in [2.45, 2.75) is 20.1 Å². The van der Waals surface area contributed by atoms with E-state index < -0.39 is 0 Å². The summed E-state index contributed by atoms with van der Waals surface area (Å²) in [5.41, 5.74) is 0. The number of rotatable bonds is 3. The summed E-state index contributed by atoms with van der Waals surface area (Å²) < 4.78 is 8.77. The van der Waals surface area contributed by atoms with Gasteiger partial charge in [-0.2, -0.15) is 0 Å². The fourth-order valence-corrected chi connectivity index (χ4v) is 1.79. The molecule has 0 unspecified atom stereocenters. The van der Waals surface area contributed by atoms with Gasteiger partial charge in [0.25, 0.3) is 0 Å². The summed E-state index contributed by atoms with van der Waals surface area (Å²) in [6, 6.07) is 0. The first-order chi connectivity index (χ1) is 5.70. The molecule has 0 atom stereocenters. The van der Waals surface area contributed by atoms with Crippen LogP contribution < -0.4 is 0 Å². The average molecular weight is 298 g/mol. The predicted octanol–water partition coefficient (Wildman–Crippen LogP) is 2.57. The summed E-state index contributed by atoms with van der Waals surface area (Å²) in [6.45, 7) is 2.59. The first-order valence-corrected chi connectivity index (χ1v) is 5.18. The van der Waals surface area contributed by atoms with Crippen LogP contribution in [0.4, 0.5) is 0 Å². The van der Waals surface area contributed by atoms with Crippen LogP contribution in [0.15, 0.2) is 9.21 Å². The third kappa shape index (κ3) is 1.89. The fourth-order valence-electron chi connectivity index (χ4n) is 0.975. The maximum Gasteiger partial charge on any atom is 0.139 e. The minimum Gasteiger partial charge on any atom is -0.364 e. The molecular weight excluding hydrogens is 288 g/mol. The molecule has 0 aliphatic carbocycles. The van der Waals surface area contributed by atoms with Crippen LogP contribution in [-0.4, -0.2) is 16.7 Å². The summed E-state index contributed by atoms with van der Waals surface area (Å²) in [5.74, 6) is 1.01. The van der Waals surface area contributed by atoms with Crippen molar-refractivity contribution in [2.24, 2.45) is 0 Å². The highest BCUT2D eigenvalue weighted by molar-refractivity contribution is 9.13. The van der Waals surface area contributed by atoms with Gasteiger partial charge in [-0.1, -0.05) is 6.92 Å². The van der Waals surface area contributed by atoms with Crippen LogP contribution in [0, 0.1) is 0 Å². The maximum atomic E-state index is 5.04. The van der Waals surface area contributed by atoms with E-state index in [1.807, 2.05) is 4.57 Å². The lowest BCUT2D eigenvalue weighted by molar-refractivity contribution is 0.127. The van der Waals surface area contributed by atoms with E-state index >= 15 is 0 Å². The van der Waals surface area contributed by atoms with E-state index in [4.69, 9.17) is 4.74 Å². The Hall–Kier alpha value is 0.130. The van der Waals surface area contributed by atoms with Crippen LogP contribution in [0.3, 0.4) is 0 Å². The van der Waals surface area contributed by atoms with Crippen molar-refractivity contribution >= 4 is 31.9 Å². The van der Waals surface area contributed by atoms with Gasteiger partial charge in [0.05, 0.1) is 0 Å². The molecule has 1 rings (SSSR count). The van der Waals surface area contributed by atoms with E-state index in [-0.39, 0.29) is 0 Å². The average Bonchev–Trinajstić information content (AvgIpc) is 2.33. The highest BCUT2D eigenvalue weighted by Gasteiger charge is 2.10. The second-order valence-electron chi connectivity index (χ2n) is 2.31. The van der Waals surface area contributed by atoms with Gasteiger partial charge in [0, 0.05) is 13.5 Å². The number of methoxy groups -OCH3 is 1. The lowest BCUT2D eigenvalue weighted by atomic mass is 10.5. The minimum absolute atomic E-state index is 0.530. The Morgan fingerprint density at radius 2 is 2.17 bits per heavy atom. The molecule has 68 valence electrons. The summed E-state index contributed by atoms with van der Waals surface area (Å²) in [6.07, 6.45) is 0.896. The van der Waals surface area contributed by atoms with Gasteiger partial charge < -0.3 is 4.74 Å². The molecule has 3 nitrogen and oxygen atoms in total. The van der Waals surface area contributed by atoms with Crippen molar-refractivity contribution in [2.75, 3.05) is 7.11 Å². The summed E-state index contributed by atoms with van der Waals surface area (Å²) in [4.78, 5) is 4.30. The Bertz CT molecular complexity index is 273. The first kappa shape index (κ1) is 10.2. The molecule has 0 aliphatic heterocycles.